The first-order valence-electron chi connectivity index (χ1n) is 11.2. The molecule has 168 valence electrons. The monoisotopic (exact) mass is 466 g/mol. The minimum absolute atomic E-state index is 0.0360. The highest BCUT2D eigenvalue weighted by Crippen LogP contribution is 2.27. The minimum Gasteiger partial charge on any atom is -0.364 e. The van der Waals surface area contributed by atoms with Gasteiger partial charge in [-0.3, -0.25) is 9.36 Å². The van der Waals surface area contributed by atoms with Crippen molar-refractivity contribution in [2.24, 2.45) is 0 Å². The van der Waals surface area contributed by atoms with Gasteiger partial charge in [0.05, 0.1) is 5.69 Å². The molecule has 2 N–H and O–H groups in total. The molecule has 1 aliphatic rings. The lowest BCUT2D eigenvalue weighted by atomic mass is 10.1. The fourth-order valence-corrected chi connectivity index (χ4v) is 4.41. The number of fused-ring (bicyclic) bond motifs is 1. The fourth-order valence-electron chi connectivity index (χ4n) is 3.78. The molecule has 0 spiro atoms. The molecule has 1 fully saturated rings. The van der Waals surface area contributed by atoms with E-state index in [2.05, 4.69) is 33.1 Å². The Hall–Kier alpha value is -4.04. The van der Waals surface area contributed by atoms with E-state index in [1.54, 1.807) is 17.7 Å². The molecule has 1 amide bonds. The first-order valence-corrected chi connectivity index (χ1v) is 12.2. The Morgan fingerprint density at radius 1 is 1.03 bits per heavy atom. The third kappa shape index (κ3) is 4.15. The van der Waals surface area contributed by atoms with Gasteiger partial charge in [0, 0.05) is 29.1 Å². The number of benzene rings is 2. The van der Waals surface area contributed by atoms with E-state index < -0.39 is 0 Å². The third-order valence-electron chi connectivity index (χ3n) is 5.80. The van der Waals surface area contributed by atoms with Crippen LogP contribution in [0.3, 0.4) is 0 Å². The van der Waals surface area contributed by atoms with Crippen molar-refractivity contribution in [1.29, 1.82) is 0 Å². The van der Waals surface area contributed by atoms with Crippen LogP contribution in [-0.2, 0) is 6.54 Å². The molecule has 8 heteroatoms. The maximum absolute atomic E-state index is 12.4. The van der Waals surface area contributed by atoms with Crippen LogP contribution in [0, 0.1) is 0 Å². The van der Waals surface area contributed by atoms with E-state index in [1.807, 2.05) is 58.5 Å². The fraction of sp³-hybridized carbons (Fsp3) is 0.154. The summed E-state index contributed by atoms with van der Waals surface area (Å²) in [6.07, 6.45) is 3.91. The predicted octanol–water partition coefficient (Wildman–Crippen LogP) is 5.05. The molecule has 1 saturated carbocycles. The Balaban J connectivity index is 1.38. The van der Waals surface area contributed by atoms with Crippen molar-refractivity contribution in [2.45, 2.75) is 25.4 Å². The van der Waals surface area contributed by atoms with Crippen molar-refractivity contribution in [2.75, 3.05) is 5.32 Å². The standard InChI is InChI=1S/C26H22N6OS/c33-26(29-20-10-11-20)19-8-6-18(7-9-19)23-30-24(27-14-17-4-2-1-3-5-17)22-25(31-23)32(16-28-22)21-12-13-34-15-21/h1-9,12-13,15-16,20H,10-11,14H2,(H,29,33)(H,27,30,31). The van der Waals surface area contributed by atoms with Gasteiger partial charge in [-0.15, -0.1) is 0 Å². The van der Waals surface area contributed by atoms with Gasteiger partial charge in [-0.2, -0.15) is 11.3 Å². The molecule has 0 saturated heterocycles. The van der Waals surface area contributed by atoms with Gasteiger partial charge in [-0.05, 0) is 42.0 Å². The summed E-state index contributed by atoms with van der Waals surface area (Å²) >= 11 is 1.63. The number of nitrogens with zero attached hydrogens (tertiary/aromatic N) is 4. The lowest BCUT2D eigenvalue weighted by Gasteiger charge is -2.10. The molecule has 3 aromatic heterocycles. The van der Waals surface area contributed by atoms with E-state index in [-0.39, 0.29) is 5.91 Å². The normalized spacial score (nSPS) is 13.2. The number of nitrogens with one attached hydrogen (secondary N) is 2. The van der Waals surface area contributed by atoms with Crippen LogP contribution in [0.25, 0.3) is 28.2 Å². The molecule has 6 rings (SSSR count). The summed E-state index contributed by atoms with van der Waals surface area (Å²) in [7, 11) is 0. The molecular weight excluding hydrogens is 444 g/mol. The minimum atomic E-state index is -0.0360. The number of aromatic nitrogens is 4. The lowest BCUT2D eigenvalue weighted by Crippen LogP contribution is -2.25. The Labute approximate surface area is 200 Å². The highest BCUT2D eigenvalue weighted by atomic mass is 32.1. The summed E-state index contributed by atoms with van der Waals surface area (Å²) in [4.78, 5) is 26.7. The zero-order valence-electron chi connectivity index (χ0n) is 18.3. The topological polar surface area (TPSA) is 84.7 Å². The van der Waals surface area contributed by atoms with Crippen LogP contribution in [0.4, 0.5) is 5.82 Å². The van der Waals surface area contributed by atoms with Crippen molar-refractivity contribution in [3.63, 3.8) is 0 Å². The number of carbonyl (C=O) groups excluding carboxylic acids is 1. The van der Waals surface area contributed by atoms with Crippen LogP contribution >= 0.6 is 11.3 Å². The number of hydrogen-bond donors (Lipinski definition) is 2. The molecule has 3 heterocycles. The largest absolute Gasteiger partial charge is 0.364 e. The SMILES string of the molecule is O=C(NC1CC1)c1ccc(-c2nc(NCc3ccccc3)c3ncn(-c4ccsc4)c3n2)cc1. The number of anilines is 1. The molecule has 0 unspecified atom stereocenters. The maximum atomic E-state index is 12.4. The van der Waals surface area contributed by atoms with Crippen LogP contribution in [0.5, 0.6) is 0 Å². The number of amides is 1. The molecule has 7 nitrogen and oxygen atoms in total. The Kier molecular flexibility index (Phi) is 5.27. The van der Waals surface area contributed by atoms with Gasteiger partial charge in [0.15, 0.2) is 22.8 Å². The predicted molar refractivity (Wildman–Crippen MR) is 134 cm³/mol. The van der Waals surface area contributed by atoms with Gasteiger partial charge in [0.25, 0.3) is 5.91 Å². The second-order valence-corrected chi connectivity index (χ2v) is 9.11. The van der Waals surface area contributed by atoms with Crippen LogP contribution in [0.1, 0.15) is 28.8 Å². The van der Waals surface area contributed by atoms with Gasteiger partial charge in [0.2, 0.25) is 0 Å². The molecular formula is C26H22N6OS. The zero-order chi connectivity index (χ0) is 22.9. The Morgan fingerprint density at radius 2 is 1.85 bits per heavy atom. The average Bonchev–Trinajstić information content (AvgIpc) is 3.34. The van der Waals surface area contributed by atoms with E-state index in [1.165, 1.54) is 0 Å². The van der Waals surface area contributed by atoms with Crippen molar-refractivity contribution in [1.82, 2.24) is 24.8 Å². The molecule has 2 aromatic carbocycles. The summed E-state index contributed by atoms with van der Waals surface area (Å²) < 4.78 is 1.97. The van der Waals surface area contributed by atoms with Crippen molar-refractivity contribution in [3.8, 4) is 17.1 Å². The van der Waals surface area contributed by atoms with Crippen molar-refractivity contribution < 1.29 is 4.79 Å². The quantitative estimate of drug-likeness (QED) is 0.351. The smallest absolute Gasteiger partial charge is 0.251 e. The first kappa shape index (κ1) is 20.6. The molecule has 0 atom stereocenters. The van der Waals surface area contributed by atoms with E-state index in [0.29, 0.717) is 35.3 Å². The van der Waals surface area contributed by atoms with E-state index in [4.69, 9.17) is 9.97 Å². The average molecular weight is 467 g/mol. The second-order valence-electron chi connectivity index (χ2n) is 8.33. The number of rotatable bonds is 7. The van der Waals surface area contributed by atoms with Crippen LogP contribution in [0.2, 0.25) is 0 Å². The van der Waals surface area contributed by atoms with E-state index in [0.717, 1.165) is 35.3 Å². The lowest BCUT2D eigenvalue weighted by molar-refractivity contribution is 0.0951. The van der Waals surface area contributed by atoms with Crippen LogP contribution in [0.15, 0.2) is 77.8 Å². The Morgan fingerprint density at radius 3 is 2.59 bits per heavy atom. The highest BCUT2D eigenvalue weighted by Gasteiger charge is 2.24. The number of thiophene rings is 1. The first-order chi connectivity index (χ1) is 16.7. The van der Waals surface area contributed by atoms with E-state index in [9.17, 15) is 4.79 Å². The summed E-state index contributed by atoms with van der Waals surface area (Å²) in [6, 6.07) is 20.0. The Bertz CT molecular complexity index is 1440. The number of hydrogen-bond acceptors (Lipinski definition) is 6. The van der Waals surface area contributed by atoms with Gasteiger partial charge < -0.3 is 10.6 Å². The number of imidazole rings is 1. The van der Waals surface area contributed by atoms with Gasteiger partial charge in [-0.25, -0.2) is 15.0 Å². The summed E-state index contributed by atoms with van der Waals surface area (Å²) in [5.74, 6) is 1.22. The molecule has 1 aliphatic carbocycles. The van der Waals surface area contributed by atoms with Gasteiger partial charge in [-0.1, -0.05) is 42.5 Å². The highest BCUT2D eigenvalue weighted by molar-refractivity contribution is 7.08. The van der Waals surface area contributed by atoms with Gasteiger partial charge in [0.1, 0.15) is 6.33 Å². The molecule has 0 aliphatic heterocycles. The second kappa shape index (κ2) is 8.72. The van der Waals surface area contributed by atoms with Gasteiger partial charge >= 0.3 is 0 Å². The molecule has 34 heavy (non-hydrogen) atoms. The maximum Gasteiger partial charge on any atom is 0.251 e. The van der Waals surface area contributed by atoms with E-state index >= 15 is 0 Å². The summed E-state index contributed by atoms with van der Waals surface area (Å²) in [5, 5.41) is 10.6. The molecule has 0 bridgehead atoms. The van der Waals surface area contributed by atoms with Crippen LogP contribution in [-0.4, -0.2) is 31.5 Å². The molecule has 0 radical (unpaired) electrons. The third-order valence-corrected chi connectivity index (χ3v) is 6.47. The number of carbonyl (C=O) groups is 1. The van der Waals surface area contributed by atoms with Crippen molar-refractivity contribution in [3.05, 3.63) is 88.9 Å². The summed E-state index contributed by atoms with van der Waals surface area (Å²) in [5.41, 5.74) is 5.09. The van der Waals surface area contributed by atoms with Crippen molar-refractivity contribution >= 4 is 34.2 Å². The molecule has 5 aromatic rings. The zero-order valence-corrected chi connectivity index (χ0v) is 19.1. The van der Waals surface area contributed by atoms with Crippen LogP contribution < -0.4 is 10.6 Å². The summed E-state index contributed by atoms with van der Waals surface area (Å²) in [6.45, 7) is 0.623.